The van der Waals surface area contributed by atoms with Gasteiger partial charge >= 0.3 is 5.69 Å². The minimum Gasteiger partial charge on any atom is -0.320 e. The van der Waals surface area contributed by atoms with Gasteiger partial charge in [-0.1, -0.05) is 18.2 Å². The summed E-state index contributed by atoms with van der Waals surface area (Å²) in [4.78, 5) is 37.2. The van der Waals surface area contributed by atoms with Crippen LogP contribution in [0, 0.1) is 11.6 Å². The molecular formula is C18H15F2N3O3. The number of hydrogen-bond acceptors (Lipinski definition) is 3. The molecule has 1 aromatic heterocycles. The number of anilines is 1. The smallest absolute Gasteiger partial charge is 0.320 e. The number of nitrogens with zero attached hydrogens (tertiary/aromatic N) is 2. The number of halogens is 2. The summed E-state index contributed by atoms with van der Waals surface area (Å²) in [6.45, 7) is 1.27. The minimum atomic E-state index is -0.922. The van der Waals surface area contributed by atoms with Gasteiger partial charge < -0.3 is 5.32 Å². The van der Waals surface area contributed by atoms with Gasteiger partial charge in [-0.2, -0.15) is 0 Å². The van der Waals surface area contributed by atoms with Gasteiger partial charge in [0, 0.05) is 6.54 Å². The van der Waals surface area contributed by atoms with Crippen molar-refractivity contribution >= 4 is 22.5 Å². The van der Waals surface area contributed by atoms with Gasteiger partial charge in [-0.15, -0.1) is 0 Å². The monoisotopic (exact) mass is 359 g/mol. The Morgan fingerprint density at radius 3 is 2.31 bits per heavy atom. The number of carbonyl (C=O) groups is 1. The summed E-state index contributed by atoms with van der Waals surface area (Å²) in [5, 5.41) is 2.41. The lowest BCUT2D eigenvalue weighted by Gasteiger charge is -2.13. The fourth-order valence-corrected chi connectivity index (χ4v) is 2.74. The highest BCUT2D eigenvalue weighted by Gasteiger charge is 2.16. The molecule has 26 heavy (non-hydrogen) atoms. The van der Waals surface area contributed by atoms with E-state index in [1.165, 1.54) is 12.1 Å². The molecular weight excluding hydrogens is 344 g/mol. The van der Waals surface area contributed by atoms with Gasteiger partial charge in [0.25, 0.3) is 5.56 Å². The van der Waals surface area contributed by atoms with Gasteiger partial charge in [-0.05, 0) is 31.2 Å². The van der Waals surface area contributed by atoms with E-state index in [9.17, 15) is 23.2 Å². The van der Waals surface area contributed by atoms with Gasteiger partial charge in [0.15, 0.2) is 0 Å². The predicted molar refractivity (Wildman–Crippen MR) is 93.1 cm³/mol. The van der Waals surface area contributed by atoms with Crippen molar-refractivity contribution < 1.29 is 13.6 Å². The van der Waals surface area contributed by atoms with E-state index in [0.717, 1.165) is 21.3 Å². The molecule has 0 bridgehead atoms. The third-order valence-electron chi connectivity index (χ3n) is 3.98. The zero-order chi connectivity index (χ0) is 18.8. The normalized spacial score (nSPS) is 10.9. The molecule has 0 aliphatic rings. The second-order valence-corrected chi connectivity index (χ2v) is 5.58. The number of benzene rings is 2. The largest absolute Gasteiger partial charge is 0.331 e. The zero-order valence-electron chi connectivity index (χ0n) is 13.8. The van der Waals surface area contributed by atoms with Crippen LogP contribution in [0.15, 0.2) is 52.1 Å². The maximum absolute atomic E-state index is 13.7. The average Bonchev–Trinajstić information content (AvgIpc) is 2.62. The summed E-state index contributed by atoms with van der Waals surface area (Å²) in [6, 6.07) is 9.56. The zero-order valence-corrected chi connectivity index (χ0v) is 13.8. The number of carbonyl (C=O) groups excluding carboxylic acids is 1. The quantitative estimate of drug-likeness (QED) is 0.775. The molecule has 6 nitrogen and oxygen atoms in total. The Hall–Kier alpha value is -3.29. The molecule has 0 atom stereocenters. The second kappa shape index (κ2) is 6.91. The van der Waals surface area contributed by atoms with Crippen LogP contribution in [0.3, 0.4) is 0 Å². The molecule has 3 rings (SSSR count). The molecule has 0 fully saturated rings. The van der Waals surface area contributed by atoms with Crippen molar-refractivity contribution in [2.75, 3.05) is 5.32 Å². The Bertz CT molecular complexity index is 1100. The van der Waals surface area contributed by atoms with E-state index in [4.69, 9.17) is 0 Å². The Labute approximate surface area is 146 Å². The van der Waals surface area contributed by atoms with Crippen LogP contribution in [-0.4, -0.2) is 15.0 Å². The van der Waals surface area contributed by atoms with Crippen LogP contribution in [0.2, 0.25) is 0 Å². The van der Waals surface area contributed by atoms with Crippen molar-refractivity contribution in [3.8, 4) is 0 Å². The number of nitrogens with one attached hydrogen (secondary N) is 1. The van der Waals surface area contributed by atoms with Crippen molar-refractivity contribution in [2.45, 2.75) is 20.0 Å². The van der Waals surface area contributed by atoms with Crippen molar-refractivity contribution in [2.24, 2.45) is 0 Å². The van der Waals surface area contributed by atoms with E-state index in [1.807, 2.05) is 0 Å². The van der Waals surface area contributed by atoms with Gasteiger partial charge in [-0.3, -0.25) is 18.7 Å². The van der Waals surface area contributed by atoms with E-state index in [-0.39, 0.29) is 17.4 Å². The molecule has 134 valence electrons. The minimum absolute atomic E-state index is 0.131. The van der Waals surface area contributed by atoms with E-state index in [2.05, 4.69) is 5.32 Å². The standard InChI is InChI=1S/C18H15F2N3O3/c1-2-22-17(25)11-6-3-4-9-14(11)23(18(22)26)10-15(24)21-16-12(19)7-5-8-13(16)20/h3-9H,2,10H2,1H3,(H,21,24). The first-order valence-corrected chi connectivity index (χ1v) is 7.90. The van der Waals surface area contributed by atoms with Gasteiger partial charge in [0.1, 0.15) is 23.9 Å². The summed E-state index contributed by atoms with van der Waals surface area (Å²) < 4.78 is 29.5. The van der Waals surface area contributed by atoms with E-state index in [0.29, 0.717) is 0 Å². The molecule has 1 amide bonds. The summed E-state index contributed by atoms with van der Waals surface area (Å²) >= 11 is 0. The fraction of sp³-hybridized carbons (Fsp3) is 0.167. The van der Waals surface area contributed by atoms with Crippen LogP contribution in [-0.2, 0) is 17.9 Å². The lowest BCUT2D eigenvalue weighted by Crippen LogP contribution is -2.41. The molecule has 0 radical (unpaired) electrons. The topological polar surface area (TPSA) is 73.1 Å². The van der Waals surface area contributed by atoms with Gasteiger partial charge in [0.2, 0.25) is 5.91 Å². The summed E-state index contributed by atoms with van der Waals surface area (Å²) in [5.74, 6) is -2.63. The van der Waals surface area contributed by atoms with E-state index in [1.54, 1.807) is 25.1 Å². The highest BCUT2D eigenvalue weighted by atomic mass is 19.1. The molecule has 1 heterocycles. The lowest BCUT2D eigenvalue weighted by molar-refractivity contribution is -0.116. The number of fused-ring (bicyclic) bond motifs is 1. The molecule has 8 heteroatoms. The number of rotatable bonds is 4. The maximum atomic E-state index is 13.7. The number of hydrogen-bond donors (Lipinski definition) is 1. The maximum Gasteiger partial charge on any atom is 0.331 e. The highest BCUT2D eigenvalue weighted by Crippen LogP contribution is 2.18. The third-order valence-corrected chi connectivity index (χ3v) is 3.98. The first-order chi connectivity index (χ1) is 12.4. The van der Waals surface area contributed by atoms with Crippen LogP contribution in [0.1, 0.15) is 6.92 Å². The van der Waals surface area contributed by atoms with Gasteiger partial charge in [-0.25, -0.2) is 13.6 Å². The summed E-state index contributed by atoms with van der Waals surface area (Å²) in [6.07, 6.45) is 0. The third kappa shape index (κ3) is 3.01. The second-order valence-electron chi connectivity index (χ2n) is 5.58. The molecule has 0 saturated heterocycles. The van der Waals surface area contributed by atoms with E-state index >= 15 is 0 Å². The molecule has 1 N–H and O–H groups in total. The van der Waals surface area contributed by atoms with Crippen LogP contribution in [0.4, 0.5) is 14.5 Å². The number of para-hydroxylation sites is 2. The van der Waals surface area contributed by atoms with Gasteiger partial charge in [0.05, 0.1) is 10.9 Å². The first kappa shape index (κ1) is 17.5. The predicted octanol–water partition coefficient (Wildman–Crippen LogP) is 2.10. The Kier molecular flexibility index (Phi) is 4.66. The van der Waals surface area contributed by atoms with Crippen molar-refractivity contribution in [3.05, 3.63) is 74.9 Å². The van der Waals surface area contributed by atoms with Crippen LogP contribution < -0.4 is 16.6 Å². The number of amides is 1. The van der Waals surface area contributed by atoms with Crippen LogP contribution >= 0.6 is 0 Å². The van der Waals surface area contributed by atoms with Crippen molar-refractivity contribution in [1.82, 2.24) is 9.13 Å². The van der Waals surface area contributed by atoms with Crippen LogP contribution in [0.25, 0.3) is 10.9 Å². The molecule has 3 aromatic rings. The highest BCUT2D eigenvalue weighted by molar-refractivity contribution is 5.91. The Balaban J connectivity index is 2.05. The molecule has 2 aromatic carbocycles. The first-order valence-electron chi connectivity index (χ1n) is 7.90. The summed E-state index contributed by atoms with van der Waals surface area (Å²) in [5.41, 5.74) is -1.43. The Morgan fingerprint density at radius 2 is 1.65 bits per heavy atom. The lowest BCUT2D eigenvalue weighted by atomic mass is 10.2. The SMILES string of the molecule is CCn1c(=O)c2ccccc2n(CC(=O)Nc2c(F)cccc2F)c1=O. The van der Waals surface area contributed by atoms with E-state index < -0.39 is 41.0 Å². The molecule has 0 aliphatic heterocycles. The number of aromatic nitrogens is 2. The Morgan fingerprint density at radius 1 is 1.00 bits per heavy atom. The fourth-order valence-electron chi connectivity index (χ4n) is 2.74. The molecule has 0 saturated carbocycles. The molecule has 0 unspecified atom stereocenters. The molecule has 0 aliphatic carbocycles. The van der Waals surface area contributed by atoms with Crippen molar-refractivity contribution in [3.63, 3.8) is 0 Å². The average molecular weight is 359 g/mol. The summed E-state index contributed by atoms with van der Waals surface area (Å²) in [7, 11) is 0. The molecule has 0 spiro atoms. The van der Waals surface area contributed by atoms with Crippen molar-refractivity contribution in [1.29, 1.82) is 0 Å². The van der Waals surface area contributed by atoms with Crippen LogP contribution in [0.5, 0.6) is 0 Å².